The van der Waals surface area contributed by atoms with Crippen LogP contribution >= 0.6 is 0 Å². The molecule has 1 atom stereocenters. The highest BCUT2D eigenvalue weighted by Gasteiger charge is 2.21. The van der Waals surface area contributed by atoms with Gasteiger partial charge >= 0.3 is 0 Å². The molecule has 0 aliphatic rings. The normalized spacial score (nSPS) is 12.0. The van der Waals surface area contributed by atoms with E-state index in [4.69, 9.17) is 8.83 Å². The molecule has 5 nitrogen and oxygen atoms in total. The summed E-state index contributed by atoms with van der Waals surface area (Å²) in [7, 11) is 0. The Morgan fingerprint density at radius 2 is 1.50 bits per heavy atom. The van der Waals surface area contributed by atoms with E-state index in [1.54, 1.807) is 41.7 Å². The van der Waals surface area contributed by atoms with Gasteiger partial charge in [-0.1, -0.05) is 30.3 Å². The van der Waals surface area contributed by atoms with Gasteiger partial charge in [-0.3, -0.25) is 4.79 Å². The average Bonchev–Trinajstić information content (AvgIpc) is 3.29. The molecule has 0 aliphatic carbocycles. The van der Waals surface area contributed by atoms with Crippen LogP contribution in [0.3, 0.4) is 0 Å². The fourth-order valence-electron chi connectivity index (χ4n) is 2.50. The maximum atomic E-state index is 12.7. The lowest BCUT2D eigenvalue weighted by Crippen LogP contribution is -2.31. The Morgan fingerprint density at radius 1 is 0.917 bits per heavy atom. The third-order valence-corrected chi connectivity index (χ3v) is 3.76. The topological polar surface area (TPSA) is 66.8 Å². The number of aliphatic hydroxyl groups excluding tert-OH is 1. The molecule has 0 fully saturated rings. The van der Waals surface area contributed by atoms with Gasteiger partial charge in [-0.05, 0) is 29.8 Å². The zero-order chi connectivity index (χ0) is 16.8. The van der Waals surface area contributed by atoms with E-state index in [0.717, 1.165) is 5.56 Å². The van der Waals surface area contributed by atoms with Gasteiger partial charge < -0.3 is 18.8 Å². The summed E-state index contributed by atoms with van der Waals surface area (Å²) in [6.45, 7) is 0.655. The lowest BCUT2D eigenvalue weighted by Gasteiger charge is -2.22. The second-order valence-corrected chi connectivity index (χ2v) is 5.54. The summed E-state index contributed by atoms with van der Waals surface area (Å²) in [6, 6.07) is 16.4. The summed E-state index contributed by atoms with van der Waals surface area (Å²) in [4.78, 5) is 14.3. The van der Waals surface area contributed by atoms with Crippen molar-refractivity contribution in [3.63, 3.8) is 0 Å². The van der Waals surface area contributed by atoms with E-state index < -0.39 is 6.10 Å². The first-order valence-corrected chi connectivity index (χ1v) is 7.78. The summed E-state index contributed by atoms with van der Waals surface area (Å²) < 4.78 is 10.7. The zero-order valence-corrected chi connectivity index (χ0v) is 13.2. The van der Waals surface area contributed by atoms with Gasteiger partial charge in [0, 0.05) is 0 Å². The van der Waals surface area contributed by atoms with Crippen LogP contribution < -0.4 is 0 Å². The average molecular weight is 325 g/mol. The van der Waals surface area contributed by atoms with Crippen LogP contribution in [-0.2, 0) is 17.9 Å². The first kappa shape index (κ1) is 16.1. The fourth-order valence-corrected chi connectivity index (χ4v) is 2.50. The number of hydrogen-bond donors (Lipinski definition) is 1. The van der Waals surface area contributed by atoms with Crippen molar-refractivity contribution in [1.82, 2.24) is 4.90 Å². The second-order valence-electron chi connectivity index (χ2n) is 5.54. The first-order valence-electron chi connectivity index (χ1n) is 7.78. The number of hydrogen-bond acceptors (Lipinski definition) is 4. The number of amides is 1. The number of aliphatic hydroxyl groups is 1. The number of benzene rings is 1. The fraction of sp³-hybridized carbons (Fsp3) is 0.211. The molecule has 124 valence electrons. The van der Waals surface area contributed by atoms with E-state index in [2.05, 4.69) is 0 Å². The highest BCUT2D eigenvalue weighted by molar-refractivity contribution is 5.76. The molecule has 1 aromatic carbocycles. The number of furan rings is 2. The molecule has 2 heterocycles. The van der Waals surface area contributed by atoms with Crippen LogP contribution in [-0.4, -0.2) is 15.9 Å². The van der Waals surface area contributed by atoms with Gasteiger partial charge in [0.1, 0.15) is 11.5 Å². The van der Waals surface area contributed by atoms with E-state index in [9.17, 15) is 9.90 Å². The Balaban J connectivity index is 1.70. The predicted molar refractivity (Wildman–Crippen MR) is 87.7 cm³/mol. The molecule has 2 aromatic heterocycles. The molecule has 1 unspecified atom stereocenters. The van der Waals surface area contributed by atoms with E-state index in [1.807, 2.05) is 30.3 Å². The van der Waals surface area contributed by atoms with Crippen molar-refractivity contribution in [3.8, 4) is 0 Å². The Labute approximate surface area is 140 Å². The molecular formula is C19H19NO4. The molecule has 0 saturated heterocycles. The van der Waals surface area contributed by atoms with Gasteiger partial charge in [0.15, 0.2) is 0 Å². The molecular weight excluding hydrogens is 306 g/mol. The molecule has 1 N–H and O–H groups in total. The number of nitrogens with zero attached hydrogens (tertiary/aromatic N) is 1. The Hall–Kier alpha value is -2.79. The molecule has 0 aliphatic heterocycles. The third-order valence-electron chi connectivity index (χ3n) is 3.76. The van der Waals surface area contributed by atoms with Crippen LogP contribution in [0, 0.1) is 0 Å². The van der Waals surface area contributed by atoms with Crippen LogP contribution in [0.15, 0.2) is 76.0 Å². The van der Waals surface area contributed by atoms with E-state index in [-0.39, 0.29) is 12.3 Å². The quantitative estimate of drug-likeness (QED) is 0.721. The van der Waals surface area contributed by atoms with Crippen LogP contribution in [0.5, 0.6) is 0 Å². The Bertz CT molecular complexity index is 699. The number of carbonyl (C=O) groups excluding carboxylic acids is 1. The maximum Gasteiger partial charge on any atom is 0.226 e. The summed E-state index contributed by atoms with van der Waals surface area (Å²) in [5.41, 5.74) is 0.724. The first-order chi connectivity index (χ1) is 11.7. The van der Waals surface area contributed by atoms with Crippen LogP contribution in [0.25, 0.3) is 0 Å². The van der Waals surface area contributed by atoms with Crippen LogP contribution in [0.1, 0.15) is 29.6 Å². The van der Waals surface area contributed by atoms with Crippen molar-refractivity contribution < 1.29 is 18.7 Å². The standard InChI is InChI=1S/C19H19NO4/c21-18(15-6-2-1-3-7-15)12-19(22)20(13-16-8-4-10-23-16)14-17-9-5-11-24-17/h1-11,18,21H,12-14H2. The minimum atomic E-state index is -0.839. The van der Waals surface area contributed by atoms with Crippen molar-refractivity contribution in [2.45, 2.75) is 25.6 Å². The monoisotopic (exact) mass is 325 g/mol. The predicted octanol–water partition coefficient (Wildman–Crippen LogP) is 3.53. The van der Waals surface area contributed by atoms with Gasteiger partial charge in [0.2, 0.25) is 5.91 Å². The van der Waals surface area contributed by atoms with Crippen molar-refractivity contribution in [2.75, 3.05) is 0 Å². The largest absolute Gasteiger partial charge is 0.467 e. The van der Waals surface area contributed by atoms with Crippen molar-refractivity contribution in [1.29, 1.82) is 0 Å². The van der Waals surface area contributed by atoms with Gasteiger partial charge in [0.05, 0.1) is 38.1 Å². The Kier molecular flexibility index (Phi) is 5.13. The molecule has 0 saturated carbocycles. The minimum Gasteiger partial charge on any atom is -0.467 e. The highest BCUT2D eigenvalue weighted by atomic mass is 16.3. The molecule has 3 aromatic rings. The van der Waals surface area contributed by atoms with Gasteiger partial charge in [-0.15, -0.1) is 0 Å². The van der Waals surface area contributed by atoms with E-state index in [0.29, 0.717) is 24.6 Å². The number of carbonyl (C=O) groups is 1. The molecule has 3 rings (SSSR count). The summed E-state index contributed by atoms with van der Waals surface area (Å²) in [5.74, 6) is 1.20. The summed E-state index contributed by atoms with van der Waals surface area (Å²) >= 11 is 0. The minimum absolute atomic E-state index is 0.00539. The van der Waals surface area contributed by atoms with Gasteiger partial charge in [-0.25, -0.2) is 0 Å². The maximum absolute atomic E-state index is 12.7. The van der Waals surface area contributed by atoms with Gasteiger partial charge in [-0.2, -0.15) is 0 Å². The lowest BCUT2D eigenvalue weighted by molar-refractivity contribution is -0.135. The van der Waals surface area contributed by atoms with E-state index in [1.165, 1.54) is 0 Å². The van der Waals surface area contributed by atoms with Crippen molar-refractivity contribution in [2.24, 2.45) is 0 Å². The summed E-state index contributed by atoms with van der Waals surface area (Å²) in [5, 5.41) is 10.3. The Morgan fingerprint density at radius 3 is 2.00 bits per heavy atom. The lowest BCUT2D eigenvalue weighted by atomic mass is 10.1. The molecule has 0 bridgehead atoms. The number of rotatable bonds is 7. The smallest absolute Gasteiger partial charge is 0.226 e. The third kappa shape index (κ3) is 4.14. The van der Waals surface area contributed by atoms with Crippen LogP contribution in [0.4, 0.5) is 0 Å². The molecule has 0 radical (unpaired) electrons. The van der Waals surface area contributed by atoms with Gasteiger partial charge in [0.25, 0.3) is 0 Å². The summed E-state index contributed by atoms with van der Waals surface area (Å²) in [6.07, 6.45) is 2.31. The van der Waals surface area contributed by atoms with Crippen LogP contribution in [0.2, 0.25) is 0 Å². The zero-order valence-electron chi connectivity index (χ0n) is 13.2. The van der Waals surface area contributed by atoms with Crippen molar-refractivity contribution in [3.05, 3.63) is 84.2 Å². The molecule has 5 heteroatoms. The molecule has 24 heavy (non-hydrogen) atoms. The highest BCUT2D eigenvalue weighted by Crippen LogP contribution is 2.19. The SMILES string of the molecule is O=C(CC(O)c1ccccc1)N(Cc1ccco1)Cc1ccco1. The molecule has 1 amide bonds. The second kappa shape index (κ2) is 7.66. The van der Waals surface area contributed by atoms with Crippen molar-refractivity contribution >= 4 is 5.91 Å². The van der Waals surface area contributed by atoms with E-state index >= 15 is 0 Å². The molecule has 0 spiro atoms.